The summed E-state index contributed by atoms with van der Waals surface area (Å²) in [4.78, 5) is 24.7. The van der Waals surface area contributed by atoms with Crippen LogP contribution in [0.3, 0.4) is 0 Å². The van der Waals surface area contributed by atoms with Gasteiger partial charge in [-0.1, -0.05) is 67.5 Å². The van der Waals surface area contributed by atoms with Crippen LogP contribution in [0.15, 0.2) is 30.3 Å². The Hall–Kier alpha value is -2.67. The molecular weight excluding hydrogens is 462 g/mol. The highest BCUT2D eigenvalue weighted by atomic mass is 32.2. The standard InChI is InChI=1S/C28H39NO5S/c1-16(2)22-13-23(17(3)4)26(24(14-22)18(5)6)15-28(31)29-35(32,33)34-27-11-10-21(20(9)30)12-25(27)19(7)8/h10-14,16-19H,15H2,1-9H3,(H,29,31). The molecule has 2 aromatic rings. The van der Waals surface area contributed by atoms with Crippen LogP contribution in [0.2, 0.25) is 0 Å². The molecule has 7 heteroatoms. The lowest BCUT2D eigenvalue weighted by Crippen LogP contribution is -2.35. The van der Waals surface area contributed by atoms with E-state index in [0.29, 0.717) is 17.0 Å². The lowest BCUT2D eigenvalue weighted by molar-refractivity contribution is -0.118. The smallest absolute Gasteiger partial charge is 0.366 e. The SMILES string of the molecule is CC(=O)c1ccc(OS(=O)(=O)NC(=O)Cc2c(C(C)C)cc(C(C)C)cc2C(C)C)c(C(C)C)c1. The van der Waals surface area contributed by atoms with Crippen molar-refractivity contribution in [2.24, 2.45) is 0 Å². The molecule has 0 saturated heterocycles. The minimum atomic E-state index is -4.42. The maximum Gasteiger partial charge on any atom is 0.409 e. The fourth-order valence-corrected chi connectivity index (χ4v) is 4.86. The maximum absolute atomic E-state index is 12.9. The molecule has 0 atom stereocenters. The lowest BCUT2D eigenvalue weighted by Gasteiger charge is -2.23. The Labute approximate surface area is 210 Å². The van der Waals surface area contributed by atoms with Crippen molar-refractivity contribution in [2.75, 3.05) is 0 Å². The van der Waals surface area contributed by atoms with E-state index in [1.54, 1.807) is 6.07 Å². The summed E-state index contributed by atoms with van der Waals surface area (Å²) in [6, 6.07) is 8.84. The van der Waals surface area contributed by atoms with Crippen molar-refractivity contribution < 1.29 is 22.2 Å². The Bertz CT molecular complexity index is 1160. The largest absolute Gasteiger partial charge is 0.409 e. The van der Waals surface area contributed by atoms with Crippen LogP contribution >= 0.6 is 0 Å². The number of Topliss-reactive ketones (excluding diaryl/α,β-unsaturated/α-hetero) is 1. The first-order valence-corrected chi connectivity index (χ1v) is 13.6. The van der Waals surface area contributed by atoms with Gasteiger partial charge in [0.05, 0.1) is 6.42 Å². The molecule has 0 aliphatic heterocycles. The summed E-state index contributed by atoms with van der Waals surface area (Å²) in [6.07, 6.45) is -0.0672. The summed E-state index contributed by atoms with van der Waals surface area (Å²) in [5, 5.41) is 0. The molecule has 2 rings (SSSR count). The number of rotatable bonds is 10. The van der Waals surface area contributed by atoms with Crippen molar-refractivity contribution in [3.05, 3.63) is 63.7 Å². The van der Waals surface area contributed by atoms with Gasteiger partial charge in [-0.05, 0) is 76.6 Å². The highest BCUT2D eigenvalue weighted by molar-refractivity contribution is 7.85. The highest BCUT2D eigenvalue weighted by Crippen LogP contribution is 2.33. The Kier molecular flexibility index (Phi) is 9.29. The molecule has 0 fully saturated rings. The first kappa shape index (κ1) is 28.6. The molecule has 0 spiro atoms. The summed E-state index contributed by atoms with van der Waals surface area (Å²) in [5.41, 5.74) is 5.21. The molecule has 0 radical (unpaired) electrons. The van der Waals surface area contributed by atoms with E-state index >= 15 is 0 Å². The van der Waals surface area contributed by atoms with Gasteiger partial charge >= 0.3 is 10.3 Å². The van der Waals surface area contributed by atoms with Crippen LogP contribution in [0, 0.1) is 0 Å². The molecule has 0 unspecified atom stereocenters. The number of hydrogen-bond donors (Lipinski definition) is 1. The molecule has 0 heterocycles. The van der Waals surface area contributed by atoms with E-state index in [2.05, 4.69) is 58.4 Å². The Morgan fingerprint density at radius 3 is 1.74 bits per heavy atom. The molecule has 1 amide bonds. The second kappa shape index (κ2) is 11.4. The highest BCUT2D eigenvalue weighted by Gasteiger charge is 2.24. The summed E-state index contributed by atoms with van der Waals surface area (Å²) >= 11 is 0. The molecule has 0 aromatic heterocycles. The number of amides is 1. The zero-order valence-electron chi connectivity index (χ0n) is 22.4. The van der Waals surface area contributed by atoms with Crippen molar-refractivity contribution in [3.8, 4) is 5.75 Å². The lowest BCUT2D eigenvalue weighted by atomic mass is 9.83. The van der Waals surface area contributed by atoms with Crippen LogP contribution in [0.1, 0.15) is 124 Å². The van der Waals surface area contributed by atoms with E-state index < -0.39 is 16.2 Å². The molecule has 0 aliphatic rings. The molecule has 0 bridgehead atoms. The Morgan fingerprint density at radius 1 is 0.800 bits per heavy atom. The fraction of sp³-hybridized carbons (Fsp3) is 0.500. The van der Waals surface area contributed by atoms with E-state index in [1.807, 2.05) is 13.8 Å². The van der Waals surface area contributed by atoms with Crippen LogP contribution in [-0.2, 0) is 21.5 Å². The Morgan fingerprint density at radius 2 is 1.31 bits per heavy atom. The van der Waals surface area contributed by atoms with Crippen LogP contribution in [0.25, 0.3) is 0 Å². The number of benzene rings is 2. The fourth-order valence-electron chi connectivity index (χ4n) is 4.08. The van der Waals surface area contributed by atoms with Crippen LogP contribution in [0.5, 0.6) is 5.75 Å². The number of hydrogen-bond acceptors (Lipinski definition) is 5. The van der Waals surface area contributed by atoms with Crippen LogP contribution in [-0.4, -0.2) is 20.1 Å². The van der Waals surface area contributed by atoms with Crippen molar-refractivity contribution in [3.63, 3.8) is 0 Å². The molecule has 1 N–H and O–H groups in total. The maximum atomic E-state index is 12.9. The molecule has 2 aromatic carbocycles. The number of nitrogens with one attached hydrogen (secondary N) is 1. The zero-order chi connectivity index (χ0) is 26.7. The van der Waals surface area contributed by atoms with Gasteiger partial charge < -0.3 is 4.18 Å². The van der Waals surface area contributed by atoms with E-state index in [4.69, 9.17) is 4.18 Å². The minimum Gasteiger partial charge on any atom is -0.366 e. The Balaban J connectivity index is 2.35. The summed E-state index contributed by atoms with van der Waals surface area (Å²) in [5.74, 6) is -0.0801. The van der Waals surface area contributed by atoms with Gasteiger partial charge in [-0.25, -0.2) is 4.72 Å². The van der Waals surface area contributed by atoms with Gasteiger partial charge in [0.25, 0.3) is 0 Å². The number of ketones is 1. The third-order valence-electron chi connectivity index (χ3n) is 6.07. The molecular formula is C28H39NO5S. The van der Waals surface area contributed by atoms with E-state index in [0.717, 1.165) is 16.7 Å². The number of carbonyl (C=O) groups is 2. The van der Waals surface area contributed by atoms with Crippen LogP contribution in [0.4, 0.5) is 0 Å². The summed E-state index contributed by atoms with van der Waals surface area (Å²) in [7, 11) is -4.42. The molecule has 192 valence electrons. The first-order valence-electron chi connectivity index (χ1n) is 12.2. The quantitative estimate of drug-likeness (QED) is 0.382. The van der Waals surface area contributed by atoms with Crippen molar-refractivity contribution in [1.29, 1.82) is 0 Å². The second-order valence-electron chi connectivity index (χ2n) is 10.3. The molecule has 0 aliphatic carbocycles. The van der Waals surface area contributed by atoms with Gasteiger partial charge in [0, 0.05) is 5.56 Å². The van der Waals surface area contributed by atoms with Crippen molar-refractivity contribution in [2.45, 2.75) is 92.4 Å². The monoisotopic (exact) mass is 501 g/mol. The van der Waals surface area contributed by atoms with Gasteiger partial charge in [-0.3, -0.25) is 9.59 Å². The molecule has 35 heavy (non-hydrogen) atoms. The average molecular weight is 502 g/mol. The van der Waals surface area contributed by atoms with E-state index in [9.17, 15) is 18.0 Å². The van der Waals surface area contributed by atoms with E-state index in [-0.39, 0.29) is 35.7 Å². The van der Waals surface area contributed by atoms with E-state index in [1.165, 1.54) is 24.6 Å². The van der Waals surface area contributed by atoms with Gasteiger partial charge in [-0.15, -0.1) is 0 Å². The average Bonchev–Trinajstić information content (AvgIpc) is 2.72. The molecule has 6 nitrogen and oxygen atoms in total. The predicted molar refractivity (Wildman–Crippen MR) is 141 cm³/mol. The predicted octanol–water partition coefficient (Wildman–Crippen LogP) is 6.37. The summed E-state index contributed by atoms with van der Waals surface area (Å²) < 4.78 is 32.9. The van der Waals surface area contributed by atoms with Crippen LogP contribution < -0.4 is 8.91 Å². The normalized spacial score (nSPS) is 12.0. The molecule has 0 saturated carbocycles. The van der Waals surface area contributed by atoms with Crippen molar-refractivity contribution >= 4 is 22.0 Å². The van der Waals surface area contributed by atoms with Gasteiger partial charge in [0.1, 0.15) is 5.75 Å². The van der Waals surface area contributed by atoms with Gasteiger partial charge in [-0.2, -0.15) is 8.42 Å². The first-order chi connectivity index (χ1) is 16.1. The summed E-state index contributed by atoms with van der Waals surface area (Å²) in [6.45, 7) is 17.7. The minimum absolute atomic E-state index is 0.0672. The topological polar surface area (TPSA) is 89.5 Å². The second-order valence-corrected chi connectivity index (χ2v) is 11.6. The third kappa shape index (κ3) is 7.40. The number of carbonyl (C=O) groups excluding carboxylic acids is 2. The van der Waals surface area contributed by atoms with Gasteiger partial charge in [0.15, 0.2) is 5.78 Å². The zero-order valence-corrected chi connectivity index (χ0v) is 23.2. The van der Waals surface area contributed by atoms with Gasteiger partial charge in [0.2, 0.25) is 5.91 Å². The third-order valence-corrected chi connectivity index (χ3v) is 6.94. The van der Waals surface area contributed by atoms with Crippen molar-refractivity contribution in [1.82, 2.24) is 4.72 Å².